The van der Waals surface area contributed by atoms with Gasteiger partial charge >= 0.3 is 0 Å². The maximum Gasteiger partial charge on any atom is 0.243 e. The molecule has 0 atom stereocenters. The van der Waals surface area contributed by atoms with Crippen molar-refractivity contribution in [3.05, 3.63) is 102 Å². The van der Waals surface area contributed by atoms with E-state index in [9.17, 15) is 13.2 Å². The molecule has 0 N–H and O–H groups in total. The minimum atomic E-state index is -3.83. The fraction of sp³-hybridized carbons (Fsp3) is 0.296. The first kappa shape index (κ1) is 24.1. The predicted molar refractivity (Wildman–Crippen MR) is 134 cm³/mol. The van der Waals surface area contributed by atoms with Gasteiger partial charge in [-0.3, -0.25) is 9.69 Å². The second-order valence-electron chi connectivity index (χ2n) is 8.71. The molecule has 1 amide bonds. The number of hydrogen-bond acceptors (Lipinski definition) is 4. The lowest BCUT2D eigenvalue weighted by atomic mass is 10.2. The van der Waals surface area contributed by atoms with Crippen LogP contribution in [-0.2, 0) is 27.9 Å². The van der Waals surface area contributed by atoms with Gasteiger partial charge in [0, 0.05) is 39.3 Å². The van der Waals surface area contributed by atoms with E-state index in [1.807, 2.05) is 55.5 Å². The number of rotatable bonds is 8. The summed E-state index contributed by atoms with van der Waals surface area (Å²) in [6, 6.07) is 26.5. The van der Waals surface area contributed by atoms with E-state index in [1.165, 1.54) is 9.87 Å². The van der Waals surface area contributed by atoms with E-state index in [1.54, 1.807) is 29.2 Å². The third kappa shape index (κ3) is 6.11. The zero-order valence-electron chi connectivity index (χ0n) is 19.5. The summed E-state index contributed by atoms with van der Waals surface area (Å²) in [5, 5.41) is 0. The summed E-state index contributed by atoms with van der Waals surface area (Å²) in [5.41, 5.74) is 3.08. The molecule has 1 aliphatic rings. The highest BCUT2D eigenvalue weighted by molar-refractivity contribution is 7.89. The maximum atomic E-state index is 13.5. The van der Waals surface area contributed by atoms with Gasteiger partial charge in [-0.2, -0.15) is 4.31 Å². The zero-order valence-corrected chi connectivity index (χ0v) is 20.3. The van der Waals surface area contributed by atoms with Crippen LogP contribution in [0.2, 0.25) is 0 Å². The van der Waals surface area contributed by atoms with Crippen LogP contribution in [0.1, 0.15) is 16.7 Å². The van der Waals surface area contributed by atoms with Gasteiger partial charge in [-0.1, -0.05) is 78.4 Å². The molecule has 3 aromatic carbocycles. The van der Waals surface area contributed by atoms with E-state index < -0.39 is 10.0 Å². The highest BCUT2D eigenvalue weighted by atomic mass is 32.2. The van der Waals surface area contributed by atoms with Crippen molar-refractivity contribution in [1.82, 2.24) is 14.1 Å². The van der Waals surface area contributed by atoms with Crippen LogP contribution in [0.3, 0.4) is 0 Å². The van der Waals surface area contributed by atoms with E-state index in [4.69, 9.17) is 0 Å². The highest BCUT2D eigenvalue weighted by Gasteiger charge is 2.30. The minimum absolute atomic E-state index is 0.150. The molecule has 0 aliphatic carbocycles. The normalized spacial score (nSPS) is 14.9. The molecule has 0 unspecified atom stereocenters. The third-order valence-electron chi connectivity index (χ3n) is 6.15. The molecule has 34 heavy (non-hydrogen) atoms. The van der Waals surface area contributed by atoms with Crippen molar-refractivity contribution in [3.8, 4) is 0 Å². The molecule has 178 valence electrons. The lowest BCUT2D eigenvalue weighted by molar-refractivity contribution is -0.133. The summed E-state index contributed by atoms with van der Waals surface area (Å²) >= 11 is 0. The number of sulfonamides is 1. The van der Waals surface area contributed by atoms with E-state index in [0.29, 0.717) is 13.1 Å². The van der Waals surface area contributed by atoms with Gasteiger partial charge in [0.2, 0.25) is 15.9 Å². The van der Waals surface area contributed by atoms with Gasteiger partial charge in [0.15, 0.2) is 0 Å². The maximum absolute atomic E-state index is 13.5. The number of amides is 1. The summed E-state index contributed by atoms with van der Waals surface area (Å²) in [7, 11) is -3.83. The Kier molecular flexibility index (Phi) is 7.77. The average molecular weight is 478 g/mol. The Labute approximate surface area is 202 Å². The van der Waals surface area contributed by atoms with Gasteiger partial charge in [0.25, 0.3) is 0 Å². The molecule has 1 heterocycles. The van der Waals surface area contributed by atoms with Crippen LogP contribution in [0, 0.1) is 6.92 Å². The number of carbonyl (C=O) groups excluding carboxylic acids is 1. The first-order valence-corrected chi connectivity index (χ1v) is 13.0. The zero-order chi connectivity index (χ0) is 24.0. The SMILES string of the molecule is Cc1ccc(S(=O)(=O)N(CC(=O)N2CCN(Cc3ccccc3)CC2)Cc2ccccc2)cc1. The molecule has 4 rings (SSSR count). The molecule has 0 bridgehead atoms. The van der Waals surface area contributed by atoms with Gasteiger partial charge in [0.1, 0.15) is 0 Å². The fourth-order valence-electron chi connectivity index (χ4n) is 4.12. The van der Waals surface area contributed by atoms with Crippen LogP contribution in [0.4, 0.5) is 0 Å². The number of benzene rings is 3. The summed E-state index contributed by atoms with van der Waals surface area (Å²) in [4.78, 5) is 17.5. The molecule has 1 saturated heterocycles. The van der Waals surface area contributed by atoms with Crippen molar-refractivity contribution in [2.75, 3.05) is 32.7 Å². The lowest BCUT2D eigenvalue weighted by Crippen LogP contribution is -2.51. The van der Waals surface area contributed by atoms with Crippen molar-refractivity contribution in [2.24, 2.45) is 0 Å². The number of nitrogens with zero attached hydrogens (tertiary/aromatic N) is 3. The Hall–Kier alpha value is -3.00. The van der Waals surface area contributed by atoms with E-state index in [0.717, 1.165) is 30.8 Å². The van der Waals surface area contributed by atoms with Gasteiger partial charge in [-0.15, -0.1) is 0 Å². The predicted octanol–water partition coefficient (Wildman–Crippen LogP) is 3.53. The molecule has 3 aromatic rings. The summed E-state index contributed by atoms with van der Waals surface area (Å²) in [6.07, 6.45) is 0. The van der Waals surface area contributed by atoms with Crippen molar-refractivity contribution in [2.45, 2.75) is 24.9 Å². The molecule has 1 fully saturated rings. The van der Waals surface area contributed by atoms with Crippen LogP contribution in [0.15, 0.2) is 89.8 Å². The van der Waals surface area contributed by atoms with Crippen LogP contribution in [0.25, 0.3) is 0 Å². The van der Waals surface area contributed by atoms with E-state index in [2.05, 4.69) is 17.0 Å². The van der Waals surface area contributed by atoms with Gasteiger partial charge in [-0.05, 0) is 30.2 Å². The number of hydrogen-bond donors (Lipinski definition) is 0. The molecular formula is C27H31N3O3S. The lowest BCUT2D eigenvalue weighted by Gasteiger charge is -2.35. The average Bonchev–Trinajstić information content (AvgIpc) is 2.85. The Morgan fingerprint density at radius 1 is 0.794 bits per heavy atom. The second kappa shape index (κ2) is 11.0. The summed E-state index contributed by atoms with van der Waals surface area (Å²) in [5.74, 6) is -0.161. The van der Waals surface area contributed by atoms with Gasteiger partial charge in [0.05, 0.1) is 11.4 Å². The minimum Gasteiger partial charge on any atom is -0.339 e. The van der Waals surface area contributed by atoms with Gasteiger partial charge in [-0.25, -0.2) is 8.42 Å². The molecule has 0 aromatic heterocycles. The third-order valence-corrected chi connectivity index (χ3v) is 7.95. The molecule has 7 heteroatoms. The summed E-state index contributed by atoms with van der Waals surface area (Å²) < 4.78 is 28.2. The summed E-state index contributed by atoms with van der Waals surface area (Å²) in [6.45, 7) is 5.46. The quantitative estimate of drug-likeness (QED) is 0.498. The van der Waals surface area contributed by atoms with E-state index >= 15 is 0 Å². The van der Waals surface area contributed by atoms with Crippen LogP contribution < -0.4 is 0 Å². The van der Waals surface area contributed by atoms with Crippen molar-refractivity contribution in [1.29, 1.82) is 0 Å². The molecule has 6 nitrogen and oxygen atoms in total. The van der Waals surface area contributed by atoms with Crippen molar-refractivity contribution < 1.29 is 13.2 Å². The Morgan fingerprint density at radius 3 is 1.94 bits per heavy atom. The largest absolute Gasteiger partial charge is 0.339 e. The fourth-order valence-corrected chi connectivity index (χ4v) is 5.50. The smallest absolute Gasteiger partial charge is 0.243 e. The van der Waals surface area contributed by atoms with Crippen LogP contribution in [-0.4, -0.2) is 61.2 Å². The monoisotopic (exact) mass is 477 g/mol. The highest BCUT2D eigenvalue weighted by Crippen LogP contribution is 2.20. The number of piperazine rings is 1. The Morgan fingerprint density at radius 2 is 1.35 bits per heavy atom. The number of carbonyl (C=O) groups is 1. The molecule has 0 radical (unpaired) electrons. The van der Waals surface area contributed by atoms with Crippen molar-refractivity contribution in [3.63, 3.8) is 0 Å². The Bertz CT molecular complexity index is 1170. The molecule has 0 saturated carbocycles. The van der Waals surface area contributed by atoms with Crippen LogP contribution in [0.5, 0.6) is 0 Å². The second-order valence-corrected chi connectivity index (χ2v) is 10.7. The first-order valence-electron chi connectivity index (χ1n) is 11.6. The van der Waals surface area contributed by atoms with Crippen LogP contribution >= 0.6 is 0 Å². The van der Waals surface area contributed by atoms with E-state index in [-0.39, 0.29) is 23.9 Å². The molecular weight excluding hydrogens is 446 g/mol. The standard InChI is InChI=1S/C27H31N3O3S/c1-23-12-14-26(15-13-23)34(32,33)30(21-25-10-6-3-7-11-25)22-27(31)29-18-16-28(17-19-29)20-24-8-4-2-5-9-24/h2-15H,16-22H2,1H3. The molecule has 0 spiro atoms. The number of aryl methyl sites for hydroxylation is 1. The topological polar surface area (TPSA) is 60.9 Å². The van der Waals surface area contributed by atoms with Gasteiger partial charge < -0.3 is 4.90 Å². The Balaban J connectivity index is 1.44. The first-order chi connectivity index (χ1) is 16.4. The van der Waals surface area contributed by atoms with Crippen molar-refractivity contribution >= 4 is 15.9 Å². The molecule has 1 aliphatic heterocycles.